The molecule has 2 amide bonds. The average molecular weight is 1100 g/mol. The Morgan fingerprint density at radius 2 is 1.45 bits per heavy atom. The Bertz CT molecular complexity index is 2830. The van der Waals surface area contributed by atoms with Gasteiger partial charge in [-0.15, -0.1) is 5.06 Å². The van der Waals surface area contributed by atoms with Crippen molar-refractivity contribution in [2.45, 2.75) is 101 Å². The summed E-state index contributed by atoms with van der Waals surface area (Å²) in [5.41, 5.74) is 1.82. The van der Waals surface area contributed by atoms with E-state index in [1.165, 1.54) is 18.2 Å². The van der Waals surface area contributed by atoms with E-state index in [9.17, 15) is 53.3 Å². The number of unbranched alkanes of at least 4 members (excludes halogenated alkanes) is 2. The van der Waals surface area contributed by atoms with Crippen LogP contribution in [0.3, 0.4) is 0 Å². The molecule has 1 fully saturated rings. The molecule has 1 atom stereocenters. The number of methoxy groups -OCH3 is 1. The van der Waals surface area contributed by atoms with Gasteiger partial charge in [0, 0.05) is 79.3 Å². The van der Waals surface area contributed by atoms with Crippen LogP contribution in [-0.2, 0) is 74.6 Å². The van der Waals surface area contributed by atoms with Crippen LogP contribution < -0.4 is 73.9 Å². The number of allylic oxidation sites excluding steroid dienone is 3. The van der Waals surface area contributed by atoms with Gasteiger partial charge in [0.1, 0.15) is 34.8 Å². The monoisotopic (exact) mass is 1100 g/mol. The Labute approximate surface area is 472 Å². The number of carbonyl (C=O) groups excluding carboxylic acids is 3. The van der Waals surface area contributed by atoms with E-state index in [0.29, 0.717) is 97.7 Å². The molecule has 0 saturated carbocycles. The summed E-state index contributed by atoms with van der Waals surface area (Å²) in [5.74, 6) is -2.22. The second-order valence-electron chi connectivity index (χ2n) is 18.6. The summed E-state index contributed by atoms with van der Waals surface area (Å²) in [5, 5.41) is 1.18. The van der Waals surface area contributed by atoms with Crippen LogP contribution in [-0.4, -0.2) is 133 Å². The molecule has 3 aliphatic heterocycles. The van der Waals surface area contributed by atoms with E-state index in [4.69, 9.17) is 23.5 Å². The average Bonchev–Trinajstić information content (AvgIpc) is 3.71. The molecule has 1 saturated heterocycles. The van der Waals surface area contributed by atoms with Crippen molar-refractivity contribution < 1.29 is 136 Å². The third kappa shape index (κ3) is 19.3. The molecular weight excluding hydrogens is 1030 g/mol. The van der Waals surface area contributed by atoms with Crippen molar-refractivity contribution in [2.75, 3.05) is 76.2 Å². The summed E-state index contributed by atoms with van der Waals surface area (Å²) in [7, 11) is -12.4. The Morgan fingerprint density at radius 1 is 0.808 bits per heavy atom. The molecule has 0 bridgehead atoms. The van der Waals surface area contributed by atoms with Gasteiger partial charge in [-0.05, 0) is 91.6 Å². The first-order valence-electron chi connectivity index (χ1n) is 23.3. The van der Waals surface area contributed by atoms with Crippen molar-refractivity contribution in [1.29, 1.82) is 0 Å². The predicted octanol–water partition coefficient (Wildman–Crippen LogP) is -1.85. The number of nitrogens with zero attached hydrogens (tertiary/aromatic N) is 3. The van der Waals surface area contributed by atoms with Gasteiger partial charge in [0.2, 0.25) is 5.36 Å². The van der Waals surface area contributed by atoms with Gasteiger partial charge in [0.25, 0.3) is 11.8 Å². The van der Waals surface area contributed by atoms with Crippen molar-refractivity contribution in [3.8, 4) is 11.3 Å². The number of hydrogen-bond donors (Lipinski definition) is 0. The predicted molar refractivity (Wildman–Crippen MR) is 257 cm³/mol. The SMILES string of the molecule is COCCOCCOCC[N+](CCCS(=O)(=O)[O-])=c1ccc2c(C(C)(C)C)cc(/C=C/C=C3/N(CCCCCC(=O)ON4C(=O)CCC4=O)c4ccc(S(=O)(=O)[O-])cc4C3(C)CCCS(=O)(=O)[O-])oc-2c1.[Na+].[Na+]. The molecule has 4 aliphatic rings. The molecule has 5 rings (SSSR count). The first-order valence-corrected chi connectivity index (χ1v) is 27.9. The summed E-state index contributed by atoms with van der Waals surface area (Å²) in [4.78, 5) is 42.8. The van der Waals surface area contributed by atoms with E-state index in [1.54, 1.807) is 32.3 Å². The molecule has 392 valence electrons. The maximum absolute atomic E-state index is 12.5. The maximum Gasteiger partial charge on any atom is 1.00 e. The first kappa shape index (κ1) is 64.4. The summed E-state index contributed by atoms with van der Waals surface area (Å²) in [6, 6.07) is 11.5. The minimum absolute atomic E-state index is 0. The maximum atomic E-state index is 12.5. The molecule has 0 N–H and O–H groups in total. The molecule has 3 heterocycles. The number of fused-ring (bicyclic) bond motifs is 2. The van der Waals surface area contributed by atoms with Crippen molar-refractivity contribution in [3.05, 3.63) is 82.6 Å². The van der Waals surface area contributed by atoms with Gasteiger partial charge in [-0.25, -0.2) is 34.6 Å². The van der Waals surface area contributed by atoms with Crippen molar-refractivity contribution >= 4 is 59.9 Å². The van der Waals surface area contributed by atoms with Crippen LogP contribution in [0.2, 0.25) is 0 Å². The zero-order chi connectivity index (χ0) is 52.2. The minimum Gasteiger partial charge on any atom is -0.748 e. The zero-order valence-electron chi connectivity index (χ0n) is 42.7. The Morgan fingerprint density at radius 3 is 2.08 bits per heavy atom. The fourth-order valence-corrected chi connectivity index (χ4v) is 10.1. The van der Waals surface area contributed by atoms with E-state index in [1.807, 2.05) is 54.5 Å². The van der Waals surface area contributed by atoms with Crippen LogP contribution in [0, 0.1) is 0 Å². The van der Waals surface area contributed by atoms with E-state index < -0.39 is 70.0 Å². The van der Waals surface area contributed by atoms with Gasteiger partial charge < -0.3 is 42.0 Å². The number of carbonyl (C=O) groups is 3. The van der Waals surface area contributed by atoms with E-state index in [0.717, 1.165) is 11.1 Å². The summed E-state index contributed by atoms with van der Waals surface area (Å²) < 4.78 is 132. The molecule has 1 aromatic rings. The smallest absolute Gasteiger partial charge is 0.748 e. The largest absolute Gasteiger partial charge is 1.00 e. The Balaban J connectivity index is 0.00000703. The number of imide groups is 1. The fourth-order valence-electron chi connectivity index (χ4n) is 8.58. The summed E-state index contributed by atoms with van der Waals surface area (Å²) in [6.07, 6.45) is 6.42. The minimum atomic E-state index is -4.92. The molecular formula is C48H63N3Na2O17S3. The zero-order valence-corrected chi connectivity index (χ0v) is 49.2. The molecule has 1 unspecified atom stereocenters. The molecule has 20 nitrogen and oxygen atoms in total. The number of hydroxylamine groups is 2. The second kappa shape index (κ2) is 28.5. The molecule has 1 aliphatic carbocycles. The standard InChI is InChI=1S/C48H65N3O17S3.2Na/c1-47(2,3)39-33-36(67-42-32-35(15-17-38(39)42)49(22-11-31-70(58,59)60)24-25-65-28-29-66-27-26-64-5)12-9-13-43-48(4,21-10-30-69(55,56)57)40-34-37(71(61,62)63)16-18-41(40)50(43)23-8-6-7-14-46(54)68-51-44(52)19-20-45(51)53;;/h9,12-13,15-18,32-34H,6-8,10-11,14,19-31H2,1-5H3,(H2-,55,56,57,58,59,60,61,62,63);;/q;2*+1/p-2. The van der Waals surface area contributed by atoms with E-state index in [2.05, 4.69) is 0 Å². The number of amides is 2. The molecule has 0 aromatic heterocycles. The van der Waals surface area contributed by atoms with Gasteiger partial charge in [-0.2, -0.15) is 0 Å². The normalized spacial score (nSPS) is 17.3. The van der Waals surface area contributed by atoms with Crippen LogP contribution in [0.4, 0.5) is 5.69 Å². The first-order chi connectivity index (χ1) is 33.3. The quantitative estimate of drug-likeness (QED) is 0.0266. The van der Waals surface area contributed by atoms with Crippen LogP contribution in [0.5, 0.6) is 0 Å². The summed E-state index contributed by atoms with van der Waals surface area (Å²) >= 11 is 0. The van der Waals surface area contributed by atoms with Gasteiger partial charge in [0.15, 0.2) is 6.54 Å². The van der Waals surface area contributed by atoms with Gasteiger partial charge >= 0.3 is 65.1 Å². The van der Waals surface area contributed by atoms with E-state index >= 15 is 0 Å². The van der Waals surface area contributed by atoms with Crippen LogP contribution in [0.1, 0.15) is 102 Å². The Kier molecular flexibility index (Phi) is 25.2. The van der Waals surface area contributed by atoms with Crippen molar-refractivity contribution in [3.63, 3.8) is 0 Å². The van der Waals surface area contributed by atoms with Crippen LogP contribution in [0.25, 0.3) is 17.4 Å². The summed E-state index contributed by atoms with van der Waals surface area (Å²) in [6.45, 7) is 10.6. The molecule has 73 heavy (non-hydrogen) atoms. The topological polar surface area (TPSA) is 282 Å². The number of benzene rings is 2. The molecule has 0 radical (unpaired) electrons. The van der Waals surface area contributed by atoms with Crippen molar-refractivity contribution in [1.82, 2.24) is 9.64 Å². The van der Waals surface area contributed by atoms with E-state index in [-0.39, 0.29) is 116 Å². The third-order valence-corrected chi connectivity index (χ3v) is 14.5. The molecule has 25 heteroatoms. The molecule has 1 aromatic carbocycles. The van der Waals surface area contributed by atoms with Gasteiger partial charge in [-0.3, -0.25) is 9.59 Å². The molecule has 0 spiro atoms. The number of hydrogen-bond acceptors (Lipinski definition) is 18. The second-order valence-corrected chi connectivity index (χ2v) is 23.0. The number of rotatable bonds is 27. The van der Waals surface area contributed by atoms with Crippen LogP contribution in [0.15, 0.2) is 69.6 Å². The van der Waals surface area contributed by atoms with Crippen molar-refractivity contribution in [2.24, 2.45) is 0 Å². The number of ether oxygens (including phenoxy) is 3. The van der Waals surface area contributed by atoms with Crippen LogP contribution >= 0.6 is 0 Å². The third-order valence-electron chi connectivity index (χ3n) is 12.1. The number of anilines is 1. The van der Waals surface area contributed by atoms with Gasteiger partial charge in [0.05, 0.1) is 57.6 Å². The Hall–Kier alpha value is -2.85. The van der Waals surface area contributed by atoms with Gasteiger partial charge in [-0.1, -0.05) is 33.3 Å². The fraction of sp³-hybridized carbons (Fsp3) is 0.542.